The molecule has 3 rings (SSSR count). The summed E-state index contributed by atoms with van der Waals surface area (Å²) in [6.45, 7) is 2.45. The summed E-state index contributed by atoms with van der Waals surface area (Å²) in [6, 6.07) is 15.8. The van der Waals surface area contributed by atoms with Gasteiger partial charge < -0.3 is 10.5 Å². The molecule has 21 heavy (non-hydrogen) atoms. The maximum absolute atomic E-state index is 5.82. The summed E-state index contributed by atoms with van der Waals surface area (Å²) < 4.78 is 5.82. The van der Waals surface area contributed by atoms with Crippen LogP contribution in [0.4, 0.5) is 5.69 Å². The van der Waals surface area contributed by atoms with Crippen molar-refractivity contribution in [3.05, 3.63) is 65.2 Å². The predicted molar refractivity (Wildman–Crippen MR) is 87.5 cm³/mol. The summed E-state index contributed by atoms with van der Waals surface area (Å²) in [5, 5.41) is 3.05. The third-order valence-electron chi connectivity index (χ3n) is 3.15. The maximum Gasteiger partial charge on any atom is 0.131 e. The quantitative estimate of drug-likeness (QED) is 0.731. The minimum absolute atomic E-state index is 0.466. The topological polar surface area (TPSA) is 48.1 Å². The molecular weight excluding hydrogens is 280 g/mol. The number of rotatable bonds is 4. The SMILES string of the molecule is Cc1cc(N)ccc1OCc1csc(-c2ccccc2)n1. The number of nitrogen functional groups attached to an aromatic ring is 1. The Balaban J connectivity index is 1.70. The lowest BCUT2D eigenvalue weighted by Crippen LogP contribution is -1.98. The van der Waals surface area contributed by atoms with Gasteiger partial charge in [-0.05, 0) is 30.7 Å². The van der Waals surface area contributed by atoms with Gasteiger partial charge in [0.2, 0.25) is 0 Å². The van der Waals surface area contributed by atoms with Gasteiger partial charge in [0.05, 0.1) is 5.69 Å². The van der Waals surface area contributed by atoms with Crippen LogP contribution < -0.4 is 10.5 Å². The molecule has 1 heterocycles. The number of thiazole rings is 1. The van der Waals surface area contributed by atoms with Gasteiger partial charge in [-0.15, -0.1) is 11.3 Å². The Morgan fingerprint density at radius 2 is 1.95 bits per heavy atom. The monoisotopic (exact) mass is 296 g/mol. The highest BCUT2D eigenvalue weighted by Gasteiger charge is 2.06. The van der Waals surface area contributed by atoms with E-state index in [-0.39, 0.29) is 0 Å². The largest absolute Gasteiger partial charge is 0.487 e. The molecule has 2 aromatic carbocycles. The highest BCUT2D eigenvalue weighted by molar-refractivity contribution is 7.13. The van der Waals surface area contributed by atoms with E-state index in [2.05, 4.69) is 17.1 Å². The number of hydrogen-bond acceptors (Lipinski definition) is 4. The van der Waals surface area contributed by atoms with Crippen LogP contribution in [0.1, 0.15) is 11.3 Å². The van der Waals surface area contributed by atoms with Crippen LogP contribution in [0.15, 0.2) is 53.9 Å². The third kappa shape index (κ3) is 3.23. The Hall–Kier alpha value is -2.33. The molecule has 4 heteroatoms. The number of nitrogens with two attached hydrogens (primary N) is 1. The normalized spacial score (nSPS) is 10.5. The number of aromatic nitrogens is 1. The number of benzene rings is 2. The first-order valence-corrected chi connectivity index (χ1v) is 7.59. The Bertz CT molecular complexity index is 738. The van der Waals surface area contributed by atoms with Gasteiger partial charge in [-0.25, -0.2) is 4.98 Å². The zero-order valence-electron chi connectivity index (χ0n) is 11.7. The van der Waals surface area contributed by atoms with Gasteiger partial charge in [-0.2, -0.15) is 0 Å². The van der Waals surface area contributed by atoms with Gasteiger partial charge in [0.25, 0.3) is 0 Å². The fraction of sp³-hybridized carbons (Fsp3) is 0.118. The fourth-order valence-electron chi connectivity index (χ4n) is 2.07. The van der Waals surface area contributed by atoms with Crippen LogP contribution in [0.5, 0.6) is 5.75 Å². The second kappa shape index (κ2) is 5.97. The lowest BCUT2D eigenvalue weighted by molar-refractivity contribution is 0.300. The van der Waals surface area contributed by atoms with Gasteiger partial charge in [0.1, 0.15) is 17.4 Å². The molecule has 0 unspecified atom stereocenters. The van der Waals surface area contributed by atoms with E-state index in [1.165, 1.54) is 0 Å². The van der Waals surface area contributed by atoms with Crippen molar-refractivity contribution >= 4 is 17.0 Å². The molecule has 1 aromatic heterocycles. The molecule has 0 radical (unpaired) electrons. The van der Waals surface area contributed by atoms with E-state index in [4.69, 9.17) is 10.5 Å². The number of aryl methyl sites for hydroxylation is 1. The van der Waals surface area contributed by atoms with Crippen LogP contribution in [0, 0.1) is 6.92 Å². The number of nitrogens with zero attached hydrogens (tertiary/aromatic N) is 1. The van der Waals surface area contributed by atoms with E-state index in [9.17, 15) is 0 Å². The van der Waals surface area contributed by atoms with Crippen molar-refractivity contribution in [1.29, 1.82) is 0 Å². The Morgan fingerprint density at radius 1 is 1.14 bits per heavy atom. The van der Waals surface area contributed by atoms with Crippen LogP contribution >= 0.6 is 11.3 Å². The standard InChI is InChI=1S/C17H16N2OS/c1-12-9-14(18)7-8-16(12)20-10-15-11-21-17(19-15)13-5-3-2-4-6-13/h2-9,11H,10,18H2,1H3. The van der Waals surface area contributed by atoms with Crippen LogP contribution in [-0.4, -0.2) is 4.98 Å². The molecule has 3 aromatic rings. The summed E-state index contributed by atoms with van der Waals surface area (Å²) >= 11 is 1.63. The second-order valence-electron chi connectivity index (χ2n) is 4.82. The van der Waals surface area contributed by atoms with Crippen molar-refractivity contribution < 1.29 is 4.74 Å². The molecule has 106 valence electrons. The fourth-order valence-corrected chi connectivity index (χ4v) is 2.88. The average Bonchev–Trinajstić information content (AvgIpc) is 2.96. The van der Waals surface area contributed by atoms with E-state index in [0.717, 1.165) is 33.3 Å². The van der Waals surface area contributed by atoms with Gasteiger partial charge in [0.15, 0.2) is 0 Å². The summed E-state index contributed by atoms with van der Waals surface area (Å²) in [6.07, 6.45) is 0. The van der Waals surface area contributed by atoms with E-state index >= 15 is 0 Å². The molecule has 0 aliphatic carbocycles. The lowest BCUT2D eigenvalue weighted by atomic mass is 10.2. The van der Waals surface area contributed by atoms with Gasteiger partial charge in [-0.3, -0.25) is 0 Å². The molecular formula is C17H16N2OS. The van der Waals surface area contributed by atoms with Gasteiger partial charge in [-0.1, -0.05) is 30.3 Å². The number of ether oxygens (including phenoxy) is 1. The van der Waals surface area contributed by atoms with E-state index < -0.39 is 0 Å². The average molecular weight is 296 g/mol. The molecule has 0 saturated heterocycles. The lowest BCUT2D eigenvalue weighted by Gasteiger charge is -2.08. The molecule has 0 spiro atoms. The Morgan fingerprint density at radius 3 is 2.71 bits per heavy atom. The highest BCUT2D eigenvalue weighted by atomic mass is 32.1. The predicted octanol–water partition coefficient (Wildman–Crippen LogP) is 4.28. The molecule has 0 bridgehead atoms. The van der Waals surface area contributed by atoms with Crippen molar-refractivity contribution in [2.75, 3.05) is 5.73 Å². The van der Waals surface area contributed by atoms with Gasteiger partial charge >= 0.3 is 0 Å². The van der Waals surface area contributed by atoms with Crippen LogP contribution in [0.2, 0.25) is 0 Å². The molecule has 0 saturated carbocycles. The summed E-state index contributed by atoms with van der Waals surface area (Å²) in [5.41, 5.74) is 9.60. The van der Waals surface area contributed by atoms with Crippen LogP contribution in [0.25, 0.3) is 10.6 Å². The third-order valence-corrected chi connectivity index (χ3v) is 4.09. The number of hydrogen-bond donors (Lipinski definition) is 1. The van der Waals surface area contributed by atoms with E-state index in [0.29, 0.717) is 6.61 Å². The smallest absolute Gasteiger partial charge is 0.131 e. The van der Waals surface area contributed by atoms with Crippen molar-refractivity contribution in [3.8, 4) is 16.3 Å². The molecule has 0 atom stereocenters. The zero-order valence-corrected chi connectivity index (χ0v) is 12.6. The molecule has 0 aliphatic heterocycles. The Labute approximate surface area is 128 Å². The van der Waals surface area contributed by atoms with E-state index in [1.807, 2.05) is 48.7 Å². The highest BCUT2D eigenvalue weighted by Crippen LogP contribution is 2.25. The first-order chi connectivity index (χ1) is 10.2. The summed E-state index contributed by atoms with van der Waals surface area (Å²) in [7, 11) is 0. The van der Waals surface area contributed by atoms with Gasteiger partial charge in [0, 0.05) is 16.6 Å². The first-order valence-electron chi connectivity index (χ1n) is 6.71. The molecule has 2 N–H and O–H groups in total. The molecule has 0 fully saturated rings. The summed E-state index contributed by atoms with van der Waals surface area (Å²) in [5.74, 6) is 0.846. The molecule has 0 amide bonds. The van der Waals surface area contributed by atoms with Crippen LogP contribution in [-0.2, 0) is 6.61 Å². The first kappa shape index (κ1) is 13.6. The number of anilines is 1. The maximum atomic E-state index is 5.82. The Kier molecular flexibility index (Phi) is 3.88. The van der Waals surface area contributed by atoms with Crippen molar-refractivity contribution in [2.45, 2.75) is 13.5 Å². The summed E-state index contributed by atoms with van der Waals surface area (Å²) in [4.78, 5) is 4.61. The van der Waals surface area contributed by atoms with Crippen molar-refractivity contribution in [1.82, 2.24) is 4.98 Å². The van der Waals surface area contributed by atoms with Crippen LogP contribution in [0.3, 0.4) is 0 Å². The zero-order chi connectivity index (χ0) is 14.7. The van der Waals surface area contributed by atoms with E-state index in [1.54, 1.807) is 11.3 Å². The minimum atomic E-state index is 0.466. The van der Waals surface area contributed by atoms with Crippen molar-refractivity contribution in [2.24, 2.45) is 0 Å². The van der Waals surface area contributed by atoms with Crippen molar-refractivity contribution in [3.63, 3.8) is 0 Å². The minimum Gasteiger partial charge on any atom is -0.487 e. The molecule has 3 nitrogen and oxygen atoms in total. The molecule has 0 aliphatic rings. The second-order valence-corrected chi connectivity index (χ2v) is 5.68.